The van der Waals surface area contributed by atoms with Crippen LogP contribution in [0.5, 0.6) is 5.75 Å². The van der Waals surface area contributed by atoms with E-state index in [1.54, 1.807) is 59.5 Å². The number of anilines is 1. The molecule has 0 unspecified atom stereocenters. The number of fused-ring (bicyclic) bond motifs is 1. The predicted octanol–water partition coefficient (Wildman–Crippen LogP) is 4.95. The maximum Gasteiger partial charge on any atom is 0.294 e. The van der Waals surface area contributed by atoms with Crippen LogP contribution >= 0.6 is 0 Å². The third kappa shape index (κ3) is 6.13. The van der Waals surface area contributed by atoms with Gasteiger partial charge in [-0.1, -0.05) is 36.4 Å². The highest BCUT2D eigenvalue weighted by molar-refractivity contribution is 6.09. The SMILES string of the molecule is CCOCCCNC(=O)c1ccc(/C=C2\Oc3ccccc3N(Cc3cccc(F)c3)C2=O)cc1. The fraction of sp³-hybridized carbons (Fsp3) is 0.214. The molecule has 35 heavy (non-hydrogen) atoms. The summed E-state index contributed by atoms with van der Waals surface area (Å²) in [7, 11) is 0. The van der Waals surface area contributed by atoms with Gasteiger partial charge in [-0.15, -0.1) is 0 Å². The third-order valence-electron chi connectivity index (χ3n) is 5.49. The zero-order valence-electron chi connectivity index (χ0n) is 19.5. The molecule has 0 fully saturated rings. The van der Waals surface area contributed by atoms with Crippen LogP contribution in [0.15, 0.2) is 78.6 Å². The van der Waals surface area contributed by atoms with Crippen LogP contribution in [0.4, 0.5) is 10.1 Å². The average Bonchev–Trinajstić information content (AvgIpc) is 2.87. The Kier molecular flexibility index (Phi) is 7.90. The van der Waals surface area contributed by atoms with E-state index >= 15 is 0 Å². The number of carbonyl (C=O) groups is 2. The van der Waals surface area contributed by atoms with Crippen molar-refractivity contribution < 1.29 is 23.5 Å². The van der Waals surface area contributed by atoms with E-state index in [1.807, 2.05) is 19.1 Å². The number of halogens is 1. The lowest BCUT2D eigenvalue weighted by Gasteiger charge is -2.30. The molecule has 0 radical (unpaired) electrons. The van der Waals surface area contributed by atoms with Crippen molar-refractivity contribution in [3.63, 3.8) is 0 Å². The summed E-state index contributed by atoms with van der Waals surface area (Å²) in [5.74, 6) is -0.165. The van der Waals surface area contributed by atoms with E-state index in [1.165, 1.54) is 12.1 Å². The first-order valence-electron chi connectivity index (χ1n) is 11.6. The lowest BCUT2D eigenvalue weighted by atomic mass is 10.1. The van der Waals surface area contributed by atoms with Crippen molar-refractivity contribution in [3.05, 3.63) is 101 Å². The van der Waals surface area contributed by atoms with E-state index < -0.39 is 0 Å². The number of para-hydroxylation sites is 2. The normalized spacial score (nSPS) is 13.9. The Morgan fingerprint density at radius 1 is 1.09 bits per heavy atom. The molecule has 1 aliphatic heterocycles. The summed E-state index contributed by atoms with van der Waals surface area (Å²) < 4.78 is 24.9. The molecule has 1 N–H and O–H groups in total. The number of rotatable bonds is 9. The summed E-state index contributed by atoms with van der Waals surface area (Å²) in [4.78, 5) is 27.2. The first kappa shape index (κ1) is 24.2. The van der Waals surface area contributed by atoms with Gasteiger partial charge in [0.15, 0.2) is 11.5 Å². The second kappa shape index (κ2) is 11.4. The van der Waals surface area contributed by atoms with Gasteiger partial charge in [-0.2, -0.15) is 0 Å². The Hall–Kier alpha value is -3.97. The van der Waals surface area contributed by atoms with Gasteiger partial charge in [-0.05, 0) is 66.9 Å². The molecule has 0 bridgehead atoms. The highest BCUT2D eigenvalue weighted by Crippen LogP contribution is 2.36. The molecule has 3 aromatic carbocycles. The molecule has 4 rings (SSSR count). The molecular weight excluding hydrogens is 447 g/mol. The number of nitrogens with one attached hydrogen (secondary N) is 1. The minimum atomic E-state index is -0.356. The summed E-state index contributed by atoms with van der Waals surface area (Å²) >= 11 is 0. The highest BCUT2D eigenvalue weighted by atomic mass is 19.1. The molecule has 3 aromatic rings. The Bertz CT molecular complexity index is 1220. The first-order chi connectivity index (χ1) is 17.0. The standard InChI is InChI=1S/C28H27FN2O4/c1-2-34-16-6-15-30-27(32)22-13-11-20(12-14-22)18-26-28(33)31(19-21-7-5-8-23(29)17-21)24-9-3-4-10-25(24)35-26/h3-5,7-14,17-18H,2,6,15-16,19H2,1H3,(H,30,32)/b26-18-. The number of hydrogen-bond donors (Lipinski definition) is 1. The summed E-state index contributed by atoms with van der Waals surface area (Å²) in [6.07, 6.45) is 2.39. The van der Waals surface area contributed by atoms with E-state index in [9.17, 15) is 14.0 Å². The van der Waals surface area contributed by atoms with Crippen molar-refractivity contribution in [2.45, 2.75) is 19.9 Å². The number of hydrogen-bond acceptors (Lipinski definition) is 4. The number of ether oxygens (including phenoxy) is 2. The zero-order chi connectivity index (χ0) is 24.6. The van der Waals surface area contributed by atoms with E-state index in [2.05, 4.69) is 5.32 Å². The molecule has 1 heterocycles. The average molecular weight is 475 g/mol. The molecule has 0 spiro atoms. The van der Waals surface area contributed by atoms with Crippen LogP contribution in [0.1, 0.15) is 34.8 Å². The number of amides is 2. The van der Waals surface area contributed by atoms with Crippen LogP contribution in [0.25, 0.3) is 6.08 Å². The number of benzene rings is 3. The summed E-state index contributed by atoms with van der Waals surface area (Å²) in [5, 5.41) is 2.86. The maximum absolute atomic E-state index is 13.7. The van der Waals surface area contributed by atoms with Gasteiger partial charge in [-0.25, -0.2) is 4.39 Å². The lowest BCUT2D eigenvalue weighted by Crippen LogP contribution is -2.36. The monoisotopic (exact) mass is 474 g/mol. The summed E-state index contributed by atoms with van der Waals surface area (Å²) in [5.41, 5.74) is 2.53. The highest BCUT2D eigenvalue weighted by Gasteiger charge is 2.30. The fourth-order valence-electron chi connectivity index (χ4n) is 3.74. The number of nitrogens with zero attached hydrogens (tertiary/aromatic N) is 1. The molecule has 0 saturated carbocycles. The zero-order valence-corrected chi connectivity index (χ0v) is 19.5. The van der Waals surface area contributed by atoms with Gasteiger partial charge in [0.25, 0.3) is 11.8 Å². The van der Waals surface area contributed by atoms with E-state index in [4.69, 9.17) is 9.47 Å². The molecule has 0 aromatic heterocycles. The maximum atomic E-state index is 13.7. The minimum absolute atomic E-state index is 0.147. The van der Waals surface area contributed by atoms with Crippen LogP contribution < -0.4 is 15.0 Å². The molecule has 0 aliphatic carbocycles. The quantitative estimate of drug-likeness (QED) is 0.352. The summed E-state index contributed by atoms with van der Waals surface area (Å²) in [6.45, 7) is 3.94. The van der Waals surface area contributed by atoms with Gasteiger partial charge in [0.05, 0.1) is 12.2 Å². The number of carbonyl (C=O) groups excluding carboxylic acids is 2. The second-order valence-electron chi connectivity index (χ2n) is 8.03. The van der Waals surface area contributed by atoms with Crippen LogP contribution in [-0.2, 0) is 16.1 Å². The Morgan fingerprint density at radius 2 is 1.89 bits per heavy atom. The van der Waals surface area contributed by atoms with Gasteiger partial charge in [0.1, 0.15) is 5.82 Å². The minimum Gasteiger partial charge on any atom is -0.449 e. The molecule has 7 heteroatoms. The predicted molar refractivity (Wildman–Crippen MR) is 133 cm³/mol. The van der Waals surface area contributed by atoms with Crippen molar-refractivity contribution >= 4 is 23.6 Å². The molecule has 1 aliphatic rings. The second-order valence-corrected chi connectivity index (χ2v) is 8.03. The van der Waals surface area contributed by atoms with E-state index in [0.717, 1.165) is 6.42 Å². The first-order valence-corrected chi connectivity index (χ1v) is 11.6. The lowest BCUT2D eigenvalue weighted by molar-refractivity contribution is -0.117. The van der Waals surface area contributed by atoms with Crippen molar-refractivity contribution in [3.8, 4) is 5.75 Å². The fourth-order valence-corrected chi connectivity index (χ4v) is 3.74. The molecular formula is C28H27FN2O4. The molecule has 6 nitrogen and oxygen atoms in total. The van der Waals surface area contributed by atoms with Gasteiger partial charge >= 0.3 is 0 Å². The van der Waals surface area contributed by atoms with Gasteiger partial charge < -0.3 is 14.8 Å². The molecule has 0 saturated heterocycles. The molecule has 2 amide bonds. The topological polar surface area (TPSA) is 67.9 Å². The van der Waals surface area contributed by atoms with E-state index in [0.29, 0.717) is 47.9 Å². The van der Waals surface area contributed by atoms with Crippen LogP contribution in [0, 0.1) is 5.82 Å². The van der Waals surface area contributed by atoms with Crippen LogP contribution in [0.2, 0.25) is 0 Å². The third-order valence-corrected chi connectivity index (χ3v) is 5.49. The smallest absolute Gasteiger partial charge is 0.294 e. The van der Waals surface area contributed by atoms with Crippen LogP contribution in [-0.4, -0.2) is 31.6 Å². The van der Waals surface area contributed by atoms with Gasteiger partial charge in [0.2, 0.25) is 0 Å². The Morgan fingerprint density at radius 3 is 2.66 bits per heavy atom. The van der Waals surface area contributed by atoms with Crippen molar-refractivity contribution in [1.82, 2.24) is 5.32 Å². The largest absolute Gasteiger partial charge is 0.449 e. The summed E-state index contributed by atoms with van der Waals surface area (Å²) in [6, 6.07) is 20.3. The molecule has 0 atom stereocenters. The Balaban J connectivity index is 1.50. The van der Waals surface area contributed by atoms with Crippen molar-refractivity contribution in [2.75, 3.05) is 24.7 Å². The Labute approximate surface area is 204 Å². The van der Waals surface area contributed by atoms with Crippen molar-refractivity contribution in [2.24, 2.45) is 0 Å². The van der Waals surface area contributed by atoms with Gasteiger partial charge in [0, 0.05) is 25.3 Å². The van der Waals surface area contributed by atoms with Gasteiger partial charge in [-0.3, -0.25) is 14.5 Å². The van der Waals surface area contributed by atoms with Crippen molar-refractivity contribution in [1.29, 1.82) is 0 Å². The van der Waals surface area contributed by atoms with Crippen LogP contribution in [0.3, 0.4) is 0 Å². The van der Waals surface area contributed by atoms with E-state index in [-0.39, 0.29) is 29.9 Å². The molecule has 180 valence electrons.